The molecule has 0 spiro atoms. The minimum atomic E-state index is 0.777. The first-order valence-electron chi connectivity index (χ1n) is 4.95. The molecule has 1 heteroatoms. The lowest BCUT2D eigenvalue weighted by molar-refractivity contribution is 1.42. The zero-order chi connectivity index (χ0) is 10.7. The van der Waals surface area contributed by atoms with E-state index in [-0.39, 0.29) is 0 Å². The van der Waals surface area contributed by atoms with Gasteiger partial charge in [-0.15, -0.1) is 0 Å². The number of hydrogen-bond donors (Lipinski definition) is 0. The summed E-state index contributed by atoms with van der Waals surface area (Å²) in [4.78, 5) is 0. The van der Waals surface area contributed by atoms with Crippen LogP contribution in [-0.4, -0.2) is 0 Å². The molecule has 0 N–H and O–H groups in total. The molecule has 0 saturated heterocycles. The highest BCUT2D eigenvalue weighted by Crippen LogP contribution is 2.23. The molecule has 0 saturated carbocycles. The topological polar surface area (TPSA) is 0 Å². The zero-order valence-corrected chi connectivity index (χ0v) is 9.33. The summed E-state index contributed by atoms with van der Waals surface area (Å²) in [5.74, 6) is 0. The summed E-state index contributed by atoms with van der Waals surface area (Å²) in [6.45, 7) is 2.04. The van der Waals surface area contributed by atoms with Crippen LogP contribution in [-0.2, 0) is 0 Å². The van der Waals surface area contributed by atoms with Crippen LogP contribution in [0, 0.1) is 6.42 Å². The predicted octanol–water partition coefficient (Wildman–Crippen LogP) is 4.58. The van der Waals surface area contributed by atoms with Gasteiger partial charge in [0, 0.05) is 5.02 Å². The largest absolute Gasteiger partial charge is 0.0843 e. The Morgan fingerprint density at radius 1 is 0.933 bits per heavy atom. The second kappa shape index (κ2) is 4.50. The monoisotopic (exact) mass is 215 g/mol. The maximum Gasteiger partial charge on any atom is 0.0412 e. The van der Waals surface area contributed by atoms with Gasteiger partial charge in [0.05, 0.1) is 0 Å². The van der Waals surface area contributed by atoms with Gasteiger partial charge < -0.3 is 0 Å². The third-order valence-electron chi connectivity index (χ3n) is 2.40. The van der Waals surface area contributed by atoms with E-state index in [4.69, 9.17) is 11.6 Å². The van der Waals surface area contributed by atoms with Gasteiger partial charge in [-0.3, -0.25) is 0 Å². The van der Waals surface area contributed by atoms with Gasteiger partial charge >= 0.3 is 0 Å². The van der Waals surface area contributed by atoms with Crippen molar-refractivity contribution in [3.8, 4) is 11.1 Å². The molecular weight excluding hydrogens is 204 g/mol. The van der Waals surface area contributed by atoms with E-state index in [0.29, 0.717) is 0 Å². The van der Waals surface area contributed by atoms with E-state index in [2.05, 4.69) is 36.8 Å². The number of rotatable bonds is 2. The van der Waals surface area contributed by atoms with Gasteiger partial charge in [0.1, 0.15) is 0 Å². The van der Waals surface area contributed by atoms with Crippen LogP contribution in [0.5, 0.6) is 0 Å². The number of hydrogen-bond acceptors (Lipinski definition) is 0. The first kappa shape index (κ1) is 10.3. The molecule has 0 amide bonds. The molecule has 0 atom stereocenters. The zero-order valence-electron chi connectivity index (χ0n) is 8.57. The van der Waals surface area contributed by atoms with Crippen molar-refractivity contribution in [2.45, 2.75) is 6.92 Å². The summed E-state index contributed by atoms with van der Waals surface area (Å²) in [6, 6.07) is 16.3. The molecule has 2 aromatic carbocycles. The average molecular weight is 216 g/mol. The lowest BCUT2D eigenvalue weighted by Gasteiger charge is -2.03. The van der Waals surface area contributed by atoms with Crippen LogP contribution in [0.3, 0.4) is 0 Å². The highest BCUT2D eigenvalue weighted by Gasteiger charge is 1.97. The maximum atomic E-state index is 5.95. The Labute approximate surface area is 95.5 Å². The van der Waals surface area contributed by atoms with Gasteiger partial charge in [0.25, 0.3) is 0 Å². The fourth-order valence-electron chi connectivity index (χ4n) is 1.54. The molecule has 1 radical (unpaired) electrons. The van der Waals surface area contributed by atoms with Gasteiger partial charge in [-0.2, -0.15) is 0 Å². The van der Waals surface area contributed by atoms with Crippen molar-refractivity contribution in [2.75, 3.05) is 0 Å². The molecule has 0 aliphatic heterocycles. The van der Waals surface area contributed by atoms with Crippen LogP contribution in [0.4, 0.5) is 0 Å². The molecular formula is C14H12Cl. The summed E-state index contributed by atoms with van der Waals surface area (Å²) in [5, 5.41) is 0.777. The highest BCUT2D eigenvalue weighted by molar-refractivity contribution is 6.30. The van der Waals surface area contributed by atoms with E-state index in [1.54, 1.807) is 0 Å². The molecule has 15 heavy (non-hydrogen) atoms. The van der Waals surface area contributed by atoms with Gasteiger partial charge in [-0.05, 0) is 35.2 Å². The summed E-state index contributed by atoms with van der Waals surface area (Å²) < 4.78 is 0. The van der Waals surface area contributed by atoms with E-state index >= 15 is 0 Å². The molecule has 0 unspecified atom stereocenters. The first-order chi connectivity index (χ1) is 7.29. The molecule has 0 nitrogen and oxygen atoms in total. The van der Waals surface area contributed by atoms with E-state index < -0.39 is 0 Å². The quantitative estimate of drug-likeness (QED) is 0.688. The Balaban J connectivity index is 2.37. The lowest BCUT2D eigenvalue weighted by Crippen LogP contribution is -1.80. The van der Waals surface area contributed by atoms with E-state index in [9.17, 15) is 0 Å². The van der Waals surface area contributed by atoms with Crippen LogP contribution in [0.25, 0.3) is 11.1 Å². The molecule has 75 valence electrons. The molecule has 2 aromatic rings. The van der Waals surface area contributed by atoms with Crippen LogP contribution < -0.4 is 0 Å². The molecule has 0 aromatic heterocycles. The standard InChI is InChI=1S/C14H12Cl/c1-2-11-6-8-12(9-7-11)13-4-3-5-14(15)10-13/h2-10H,1H3. The Bertz CT molecular complexity index is 443. The molecule has 0 bridgehead atoms. The number of halogens is 1. The molecule has 0 aliphatic rings. The minimum absolute atomic E-state index is 0.777. The van der Waals surface area contributed by atoms with Crippen molar-refractivity contribution in [2.24, 2.45) is 0 Å². The molecule has 2 rings (SSSR count). The second-order valence-corrected chi connectivity index (χ2v) is 3.86. The highest BCUT2D eigenvalue weighted by atomic mass is 35.5. The SMILES string of the molecule is C[CH]c1ccc(-c2cccc(Cl)c2)cc1. The van der Waals surface area contributed by atoms with Gasteiger partial charge in [-0.1, -0.05) is 54.9 Å². The van der Waals surface area contributed by atoms with Gasteiger partial charge in [0.15, 0.2) is 0 Å². The predicted molar refractivity (Wildman–Crippen MR) is 66.0 cm³/mol. The average Bonchev–Trinajstić information content (AvgIpc) is 2.29. The third kappa shape index (κ3) is 2.40. The Morgan fingerprint density at radius 2 is 1.67 bits per heavy atom. The van der Waals surface area contributed by atoms with Crippen LogP contribution in [0.1, 0.15) is 12.5 Å². The van der Waals surface area contributed by atoms with Crippen molar-refractivity contribution in [3.05, 3.63) is 65.5 Å². The van der Waals surface area contributed by atoms with Crippen molar-refractivity contribution in [1.29, 1.82) is 0 Å². The summed E-state index contributed by atoms with van der Waals surface area (Å²) in [5.41, 5.74) is 3.59. The van der Waals surface area contributed by atoms with E-state index in [1.807, 2.05) is 25.1 Å². The Hall–Kier alpha value is -1.27. The smallest absolute Gasteiger partial charge is 0.0412 e. The lowest BCUT2D eigenvalue weighted by atomic mass is 10.0. The fraction of sp³-hybridized carbons (Fsp3) is 0.0714. The van der Waals surface area contributed by atoms with E-state index in [0.717, 1.165) is 10.6 Å². The fourth-order valence-corrected chi connectivity index (χ4v) is 1.73. The number of benzene rings is 2. The van der Waals surface area contributed by atoms with Crippen molar-refractivity contribution < 1.29 is 0 Å². The third-order valence-corrected chi connectivity index (χ3v) is 2.64. The maximum absolute atomic E-state index is 5.95. The summed E-state index contributed by atoms with van der Waals surface area (Å²) in [7, 11) is 0. The molecule has 0 aliphatic carbocycles. The normalized spacial score (nSPS) is 10.3. The van der Waals surface area contributed by atoms with Crippen molar-refractivity contribution in [1.82, 2.24) is 0 Å². The summed E-state index contributed by atoms with van der Waals surface area (Å²) >= 11 is 5.95. The summed E-state index contributed by atoms with van der Waals surface area (Å²) in [6.07, 6.45) is 2.09. The van der Waals surface area contributed by atoms with Gasteiger partial charge in [-0.25, -0.2) is 0 Å². The minimum Gasteiger partial charge on any atom is -0.0843 e. The van der Waals surface area contributed by atoms with Crippen LogP contribution in [0.15, 0.2) is 48.5 Å². The first-order valence-corrected chi connectivity index (χ1v) is 5.33. The van der Waals surface area contributed by atoms with Crippen molar-refractivity contribution in [3.63, 3.8) is 0 Å². The van der Waals surface area contributed by atoms with Crippen LogP contribution in [0.2, 0.25) is 5.02 Å². The van der Waals surface area contributed by atoms with E-state index in [1.165, 1.54) is 11.1 Å². The molecule has 0 heterocycles. The van der Waals surface area contributed by atoms with Gasteiger partial charge in [0.2, 0.25) is 0 Å². The van der Waals surface area contributed by atoms with Crippen molar-refractivity contribution >= 4 is 11.6 Å². The Morgan fingerprint density at radius 3 is 2.27 bits per heavy atom. The van der Waals surface area contributed by atoms with Crippen LogP contribution >= 0.6 is 11.6 Å². The Kier molecular flexibility index (Phi) is 3.08. The second-order valence-electron chi connectivity index (χ2n) is 3.42. The molecule has 0 fully saturated rings.